The van der Waals surface area contributed by atoms with E-state index in [0.717, 1.165) is 21.7 Å². The van der Waals surface area contributed by atoms with E-state index in [0.29, 0.717) is 40.2 Å². The molecule has 2 rings (SSSR count). The van der Waals surface area contributed by atoms with Crippen LogP contribution in [0.3, 0.4) is 0 Å². The quantitative estimate of drug-likeness (QED) is 0.519. The van der Waals surface area contributed by atoms with Crippen LogP contribution in [-0.2, 0) is 27.0 Å². The highest BCUT2D eigenvalue weighted by molar-refractivity contribution is 7.98. The van der Waals surface area contributed by atoms with Gasteiger partial charge in [-0.3, -0.25) is 9.10 Å². The van der Waals surface area contributed by atoms with Gasteiger partial charge in [0.15, 0.2) is 0 Å². The molecule has 1 N–H and O–H groups in total. The van der Waals surface area contributed by atoms with Crippen LogP contribution in [0.15, 0.2) is 42.5 Å². The standard InChI is InChI=1S/C20H24Cl2N2O3S2/c1-3-15-7-4-5-10-19(15)24(29(2,26)27)13-20(25)23-11-12-28-14-16-17(21)8-6-9-18(16)22/h4-10H,3,11-14H2,1-2H3,(H,23,25). The molecular formula is C20H24Cl2N2O3S2. The van der Waals surface area contributed by atoms with Crippen LogP contribution in [0.2, 0.25) is 10.0 Å². The highest BCUT2D eigenvalue weighted by Gasteiger charge is 2.22. The van der Waals surface area contributed by atoms with Gasteiger partial charge in [-0.05, 0) is 35.7 Å². The average molecular weight is 475 g/mol. The van der Waals surface area contributed by atoms with Crippen molar-refractivity contribution in [2.75, 3.05) is 29.4 Å². The zero-order valence-electron chi connectivity index (χ0n) is 16.3. The Balaban J connectivity index is 1.89. The van der Waals surface area contributed by atoms with E-state index >= 15 is 0 Å². The van der Waals surface area contributed by atoms with E-state index in [4.69, 9.17) is 23.2 Å². The van der Waals surface area contributed by atoms with Gasteiger partial charge in [0.2, 0.25) is 15.9 Å². The molecule has 2 aromatic carbocycles. The topological polar surface area (TPSA) is 66.5 Å². The Morgan fingerprint density at radius 2 is 1.76 bits per heavy atom. The molecule has 0 unspecified atom stereocenters. The van der Waals surface area contributed by atoms with Crippen LogP contribution in [0, 0.1) is 0 Å². The minimum atomic E-state index is -3.59. The number of sulfonamides is 1. The van der Waals surface area contributed by atoms with Gasteiger partial charge in [-0.15, -0.1) is 0 Å². The SMILES string of the molecule is CCc1ccccc1N(CC(=O)NCCSCc1c(Cl)cccc1Cl)S(C)(=O)=O. The summed E-state index contributed by atoms with van der Waals surface area (Å²) in [6.45, 7) is 2.11. The van der Waals surface area contributed by atoms with Crippen molar-refractivity contribution in [3.05, 3.63) is 63.6 Å². The van der Waals surface area contributed by atoms with Crippen LogP contribution < -0.4 is 9.62 Å². The van der Waals surface area contributed by atoms with Crippen LogP contribution in [-0.4, -0.2) is 39.4 Å². The molecule has 0 aliphatic heterocycles. The van der Waals surface area contributed by atoms with Gasteiger partial charge in [0.05, 0.1) is 11.9 Å². The molecule has 0 atom stereocenters. The van der Waals surface area contributed by atoms with Gasteiger partial charge in [0.25, 0.3) is 0 Å². The van der Waals surface area contributed by atoms with E-state index in [-0.39, 0.29) is 12.5 Å². The van der Waals surface area contributed by atoms with E-state index in [1.165, 1.54) is 0 Å². The van der Waals surface area contributed by atoms with Gasteiger partial charge in [-0.1, -0.05) is 54.4 Å². The molecule has 158 valence electrons. The maximum absolute atomic E-state index is 12.3. The van der Waals surface area contributed by atoms with Crippen molar-refractivity contribution in [3.63, 3.8) is 0 Å². The second-order valence-corrected chi connectivity index (χ2v) is 10.2. The number of amides is 1. The predicted molar refractivity (Wildman–Crippen MR) is 124 cm³/mol. The number of nitrogens with zero attached hydrogens (tertiary/aromatic N) is 1. The van der Waals surface area contributed by atoms with Crippen LogP contribution in [0.1, 0.15) is 18.1 Å². The number of carbonyl (C=O) groups excluding carboxylic acids is 1. The molecule has 5 nitrogen and oxygen atoms in total. The Bertz CT molecular complexity index is 932. The van der Waals surface area contributed by atoms with E-state index in [9.17, 15) is 13.2 Å². The lowest BCUT2D eigenvalue weighted by Gasteiger charge is -2.24. The summed E-state index contributed by atoms with van der Waals surface area (Å²) in [5.74, 6) is 0.934. The summed E-state index contributed by atoms with van der Waals surface area (Å²) in [7, 11) is -3.59. The third-order valence-corrected chi connectivity index (χ3v) is 7.03. The molecule has 29 heavy (non-hydrogen) atoms. The lowest BCUT2D eigenvalue weighted by molar-refractivity contribution is -0.119. The lowest BCUT2D eigenvalue weighted by Crippen LogP contribution is -2.41. The van der Waals surface area contributed by atoms with E-state index < -0.39 is 10.0 Å². The van der Waals surface area contributed by atoms with E-state index in [1.54, 1.807) is 42.1 Å². The number of anilines is 1. The number of rotatable bonds is 10. The fourth-order valence-corrected chi connectivity index (χ4v) is 5.21. The number of carbonyl (C=O) groups is 1. The molecule has 0 saturated carbocycles. The Kier molecular flexibility index (Phi) is 9.14. The van der Waals surface area contributed by atoms with Crippen molar-refractivity contribution < 1.29 is 13.2 Å². The highest BCUT2D eigenvalue weighted by Crippen LogP contribution is 2.28. The molecule has 0 aromatic heterocycles. The number of nitrogens with one attached hydrogen (secondary N) is 1. The second kappa shape index (κ2) is 11.1. The molecule has 0 aliphatic carbocycles. The molecule has 0 saturated heterocycles. The molecular weight excluding hydrogens is 451 g/mol. The first kappa shape index (κ1) is 23.9. The normalized spacial score (nSPS) is 11.3. The minimum absolute atomic E-state index is 0.253. The fourth-order valence-electron chi connectivity index (χ4n) is 2.73. The summed E-state index contributed by atoms with van der Waals surface area (Å²) < 4.78 is 25.6. The van der Waals surface area contributed by atoms with Crippen LogP contribution in [0.5, 0.6) is 0 Å². The van der Waals surface area contributed by atoms with Crippen molar-refractivity contribution in [2.45, 2.75) is 19.1 Å². The third kappa shape index (κ3) is 7.10. The average Bonchev–Trinajstić information content (AvgIpc) is 2.67. The fraction of sp³-hybridized carbons (Fsp3) is 0.350. The van der Waals surface area contributed by atoms with Gasteiger partial charge in [0, 0.05) is 28.1 Å². The van der Waals surface area contributed by atoms with Crippen molar-refractivity contribution in [1.29, 1.82) is 0 Å². The van der Waals surface area contributed by atoms with E-state index in [1.807, 2.05) is 19.1 Å². The molecule has 0 fully saturated rings. The second-order valence-electron chi connectivity index (χ2n) is 6.35. The van der Waals surface area contributed by atoms with Crippen molar-refractivity contribution >= 4 is 56.6 Å². The maximum atomic E-state index is 12.3. The molecule has 0 heterocycles. The first-order chi connectivity index (χ1) is 13.7. The first-order valence-corrected chi connectivity index (χ1v) is 12.8. The Hall–Kier alpha value is -1.41. The summed E-state index contributed by atoms with van der Waals surface area (Å²) in [5, 5.41) is 4.01. The predicted octanol–water partition coefficient (Wildman–Crippen LogP) is 4.37. The molecule has 0 aliphatic rings. The Morgan fingerprint density at radius 1 is 1.10 bits per heavy atom. The molecule has 0 radical (unpaired) electrons. The number of para-hydroxylation sites is 1. The molecule has 1 amide bonds. The number of hydrogen-bond donors (Lipinski definition) is 1. The van der Waals surface area contributed by atoms with Gasteiger partial charge in [-0.25, -0.2) is 8.42 Å². The molecule has 9 heteroatoms. The lowest BCUT2D eigenvalue weighted by atomic mass is 10.1. The van der Waals surface area contributed by atoms with Crippen molar-refractivity contribution in [2.24, 2.45) is 0 Å². The third-order valence-electron chi connectivity index (χ3n) is 4.21. The summed E-state index contributed by atoms with van der Waals surface area (Å²) in [5.41, 5.74) is 2.28. The monoisotopic (exact) mass is 474 g/mol. The van der Waals surface area contributed by atoms with E-state index in [2.05, 4.69) is 5.32 Å². The zero-order valence-corrected chi connectivity index (χ0v) is 19.5. The van der Waals surface area contributed by atoms with Gasteiger partial charge >= 0.3 is 0 Å². The number of aryl methyl sites for hydroxylation is 1. The van der Waals surface area contributed by atoms with Crippen LogP contribution in [0.25, 0.3) is 0 Å². The van der Waals surface area contributed by atoms with Gasteiger partial charge < -0.3 is 5.32 Å². The number of hydrogen-bond acceptors (Lipinski definition) is 4. The van der Waals surface area contributed by atoms with Gasteiger partial charge in [-0.2, -0.15) is 11.8 Å². The van der Waals surface area contributed by atoms with Crippen LogP contribution >= 0.6 is 35.0 Å². The molecule has 0 bridgehead atoms. The first-order valence-electron chi connectivity index (χ1n) is 9.07. The van der Waals surface area contributed by atoms with Gasteiger partial charge in [0.1, 0.15) is 6.54 Å². The minimum Gasteiger partial charge on any atom is -0.354 e. The van der Waals surface area contributed by atoms with Crippen LogP contribution in [0.4, 0.5) is 5.69 Å². The summed E-state index contributed by atoms with van der Waals surface area (Å²) in [4.78, 5) is 12.3. The number of benzene rings is 2. The molecule has 0 spiro atoms. The summed E-state index contributed by atoms with van der Waals surface area (Å²) in [6.07, 6.45) is 1.78. The maximum Gasteiger partial charge on any atom is 0.240 e. The number of halogens is 2. The summed E-state index contributed by atoms with van der Waals surface area (Å²) in [6, 6.07) is 12.6. The number of thioether (sulfide) groups is 1. The van der Waals surface area contributed by atoms with Crippen molar-refractivity contribution in [1.82, 2.24) is 5.32 Å². The highest BCUT2D eigenvalue weighted by atomic mass is 35.5. The smallest absolute Gasteiger partial charge is 0.240 e. The van der Waals surface area contributed by atoms with Crippen molar-refractivity contribution in [3.8, 4) is 0 Å². The Labute approximate surface area is 186 Å². The summed E-state index contributed by atoms with van der Waals surface area (Å²) >= 11 is 13.9. The largest absolute Gasteiger partial charge is 0.354 e. The zero-order chi connectivity index (χ0) is 21.4. The molecule has 2 aromatic rings. The Morgan fingerprint density at radius 3 is 2.38 bits per heavy atom.